The Balaban J connectivity index is 2.26. The lowest BCUT2D eigenvalue weighted by atomic mass is 10.2. The van der Waals surface area contributed by atoms with Gasteiger partial charge < -0.3 is 10.1 Å². The van der Waals surface area contributed by atoms with Gasteiger partial charge in [0.05, 0.1) is 7.11 Å². The van der Waals surface area contributed by atoms with Crippen LogP contribution in [0.3, 0.4) is 0 Å². The minimum Gasteiger partial charge on any atom is -0.497 e. The topological polar surface area (TPSA) is 56.1 Å². The Kier molecular flexibility index (Phi) is 4.32. The molecule has 0 atom stereocenters. The lowest BCUT2D eigenvalue weighted by Crippen LogP contribution is -2.14. The number of halogens is 4. The Morgan fingerprint density at radius 3 is 2.36 bits per heavy atom. The van der Waals surface area contributed by atoms with Crippen molar-refractivity contribution in [1.82, 2.24) is 9.78 Å². The first-order valence-electron chi connectivity index (χ1n) is 5.99. The van der Waals surface area contributed by atoms with Gasteiger partial charge in [0.2, 0.25) is 0 Å². The Bertz CT molecular complexity index is 696. The van der Waals surface area contributed by atoms with Crippen LogP contribution in [0.1, 0.15) is 16.1 Å². The molecule has 1 amide bonds. The Labute approximate surface area is 128 Å². The summed E-state index contributed by atoms with van der Waals surface area (Å²) in [4.78, 5) is 12.0. The molecule has 1 heterocycles. The van der Waals surface area contributed by atoms with E-state index < -0.39 is 22.8 Å². The molecule has 1 N–H and O–H groups in total. The number of nitrogens with zero attached hydrogens (tertiary/aromatic N) is 2. The number of aryl methyl sites for hydroxylation is 1. The van der Waals surface area contributed by atoms with Crippen LogP contribution in [0.2, 0.25) is 5.02 Å². The average Bonchev–Trinajstić information content (AvgIpc) is 2.75. The van der Waals surface area contributed by atoms with Crippen molar-refractivity contribution in [1.29, 1.82) is 0 Å². The fourth-order valence-corrected chi connectivity index (χ4v) is 2.05. The third-order valence-electron chi connectivity index (χ3n) is 2.84. The maximum Gasteiger partial charge on any atom is 0.436 e. The summed E-state index contributed by atoms with van der Waals surface area (Å²) in [6.45, 7) is 0. The quantitative estimate of drug-likeness (QED) is 0.937. The molecule has 1 aromatic carbocycles. The minimum absolute atomic E-state index is 0.227. The highest BCUT2D eigenvalue weighted by Gasteiger charge is 2.38. The molecule has 5 nitrogen and oxygen atoms in total. The van der Waals surface area contributed by atoms with Crippen molar-refractivity contribution in [2.24, 2.45) is 7.05 Å². The van der Waals surface area contributed by atoms with Crippen molar-refractivity contribution in [3.63, 3.8) is 0 Å². The maximum absolute atomic E-state index is 12.7. The zero-order valence-corrected chi connectivity index (χ0v) is 12.3. The lowest BCUT2D eigenvalue weighted by molar-refractivity contribution is -0.141. The monoisotopic (exact) mass is 333 g/mol. The number of benzene rings is 1. The number of alkyl halides is 3. The molecule has 0 bridgehead atoms. The largest absolute Gasteiger partial charge is 0.497 e. The maximum atomic E-state index is 12.7. The molecule has 0 aliphatic carbocycles. The van der Waals surface area contributed by atoms with Crippen LogP contribution in [-0.2, 0) is 13.2 Å². The second-order valence-electron chi connectivity index (χ2n) is 4.32. The van der Waals surface area contributed by atoms with Gasteiger partial charge in [-0.25, -0.2) is 0 Å². The van der Waals surface area contributed by atoms with Crippen molar-refractivity contribution < 1.29 is 22.7 Å². The molecule has 0 saturated carbocycles. The van der Waals surface area contributed by atoms with E-state index in [0.717, 1.165) is 4.68 Å². The summed E-state index contributed by atoms with van der Waals surface area (Å²) in [5.74, 6) is -0.287. The highest BCUT2D eigenvalue weighted by Crippen LogP contribution is 2.37. The predicted octanol–water partition coefficient (Wildman–Crippen LogP) is 3.35. The molecule has 0 fully saturated rings. The smallest absolute Gasteiger partial charge is 0.436 e. The first-order chi connectivity index (χ1) is 10.2. The summed E-state index contributed by atoms with van der Waals surface area (Å²) in [6, 6.07) is 6.06. The van der Waals surface area contributed by atoms with Crippen LogP contribution in [0, 0.1) is 0 Å². The molecular weight excluding hydrogens is 323 g/mol. The second kappa shape index (κ2) is 5.88. The van der Waals surface area contributed by atoms with Gasteiger partial charge in [0.1, 0.15) is 10.8 Å². The number of carbonyl (C=O) groups excluding carboxylic acids is 1. The molecule has 118 valence electrons. The molecule has 2 aromatic rings. The van der Waals surface area contributed by atoms with Gasteiger partial charge in [0.15, 0.2) is 11.5 Å². The highest BCUT2D eigenvalue weighted by atomic mass is 35.5. The third kappa shape index (κ3) is 3.16. The number of amides is 1. The fraction of sp³-hybridized carbons (Fsp3) is 0.231. The third-order valence-corrected chi connectivity index (χ3v) is 3.20. The molecular formula is C13H11ClF3N3O2. The summed E-state index contributed by atoms with van der Waals surface area (Å²) in [7, 11) is 2.73. The minimum atomic E-state index is -4.70. The van der Waals surface area contributed by atoms with E-state index in [9.17, 15) is 18.0 Å². The van der Waals surface area contributed by atoms with Gasteiger partial charge in [-0.15, -0.1) is 0 Å². The van der Waals surface area contributed by atoms with E-state index in [1.165, 1.54) is 26.3 Å². The molecule has 0 radical (unpaired) electrons. The van der Waals surface area contributed by atoms with Crippen LogP contribution in [0.5, 0.6) is 5.75 Å². The van der Waals surface area contributed by atoms with Crippen LogP contribution in [0.4, 0.5) is 19.0 Å². The standard InChI is InChI=1S/C13H11ClF3N3O2/c1-20-11(9(14)10(19-20)13(15,16)17)18-12(21)7-3-5-8(22-2)6-4-7/h3-6H,1-2H3,(H,18,21). The van der Waals surface area contributed by atoms with Gasteiger partial charge in [-0.2, -0.15) is 18.3 Å². The summed E-state index contributed by atoms with van der Waals surface area (Å²) in [5.41, 5.74) is -1.01. The number of hydrogen-bond acceptors (Lipinski definition) is 3. The average molecular weight is 334 g/mol. The highest BCUT2D eigenvalue weighted by molar-refractivity contribution is 6.34. The molecule has 22 heavy (non-hydrogen) atoms. The summed E-state index contributed by atoms with van der Waals surface area (Å²) < 4.78 is 43.9. The van der Waals surface area contributed by atoms with Gasteiger partial charge in [-0.3, -0.25) is 9.48 Å². The SMILES string of the molecule is COc1ccc(C(=O)Nc2c(Cl)c(C(F)(F)F)nn2C)cc1. The summed E-state index contributed by atoms with van der Waals surface area (Å²) >= 11 is 5.66. The number of rotatable bonds is 3. The van der Waals surface area contributed by atoms with Crippen LogP contribution in [0.25, 0.3) is 0 Å². The van der Waals surface area contributed by atoms with E-state index in [2.05, 4.69) is 10.4 Å². The van der Waals surface area contributed by atoms with E-state index in [-0.39, 0.29) is 11.4 Å². The Morgan fingerprint density at radius 1 is 1.32 bits per heavy atom. The zero-order valence-electron chi connectivity index (χ0n) is 11.5. The van der Waals surface area contributed by atoms with Gasteiger partial charge in [0, 0.05) is 12.6 Å². The van der Waals surface area contributed by atoms with Crippen LogP contribution < -0.4 is 10.1 Å². The number of carbonyl (C=O) groups is 1. The number of nitrogens with one attached hydrogen (secondary N) is 1. The molecule has 1 aromatic heterocycles. The normalized spacial score (nSPS) is 11.4. The first kappa shape index (κ1) is 16.2. The molecule has 9 heteroatoms. The number of ether oxygens (including phenoxy) is 1. The number of anilines is 1. The summed E-state index contributed by atoms with van der Waals surface area (Å²) in [6.07, 6.45) is -4.70. The van der Waals surface area contributed by atoms with Crippen LogP contribution in [0.15, 0.2) is 24.3 Å². The molecule has 0 aliphatic rings. The van der Waals surface area contributed by atoms with E-state index >= 15 is 0 Å². The van der Waals surface area contributed by atoms with E-state index in [0.29, 0.717) is 5.75 Å². The van der Waals surface area contributed by atoms with E-state index in [4.69, 9.17) is 16.3 Å². The molecule has 0 spiro atoms. The molecule has 2 rings (SSSR count). The number of hydrogen-bond donors (Lipinski definition) is 1. The van der Waals surface area contributed by atoms with Gasteiger partial charge >= 0.3 is 6.18 Å². The van der Waals surface area contributed by atoms with Crippen molar-refractivity contribution in [2.45, 2.75) is 6.18 Å². The Hall–Kier alpha value is -2.22. The lowest BCUT2D eigenvalue weighted by Gasteiger charge is -2.07. The summed E-state index contributed by atoms with van der Waals surface area (Å²) in [5, 5.41) is 4.94. The fourth-order valence-electron chi connectivity index (χ4n) is 1.74. The van der Waals surface area contributed by atoms with Crippen molar-refractivity contribution in [2.75, 3.05) is 12.4 Å². The van der Waals surface area contributed by atoms with Gasteiger partial charge in [0.25, 0.3) is 5.91 Å². The van der Waals surface area contributed by atoms with E-state index in [1.54, 1.807) is 12.1 Å². The zero-order chi connectivity index (χ0) is 16.5. The number of aromatic nitrogens is 2. The molecule has 0 aliphatic heterocycles. The van der Waals surface area contributed by atoms with Crippen LogP contribution in [-0.4, -0.2) is 22.8 Å². The molecule has 0 unspecified atom stereocenters. The number of methoxy groups -OCH3 is 1. The van der Waals surface area contributed by atoms with E-state index in [1.807, 2.05) is 0 Å². The van der Waals surface area contributed by atoms with Crippen molar-refractivity contribution in [3.05, 3.63) is 40.5 Å². The van der Waals surface area contributed by atoms with Crippen molar-refractivity contribution in [3.8, 4) is 5.75 Å². The molecule has 0 saturated heterocycles. The van der Waals surface area contributed by atoms with Gasteiger partial charge in [-0.1, -0.05) is 11.6 Å². The second-order valence-corrected chi connectivity index (χ2v) is 4.69. The van der Waals surface area contributed by atoms with Crippen LogP contribution >= 0.6 is 11.6 Å². The van der Waals surface area contributed by atoms with Gasteiger partial charge in [-0.05, 0) is 24.3 Å². The Morgan fingerprint density at radius 2 is 1.91 bits per heavy atom. The van der Waals surface area contributed by atoms with Crippen molar-refractivity contribution >= 4 is 23.3 Å². The predicted molar refractivity (Wildman–Crippen MR) is 74.2 cm³/mol. The first-order valence-corrected chi connectivity index (χ1v) is 6.37.